The molecule has 2 rings (SSSR count). The third-order valence-corrected chi connectivity index (χ3v) is 3.37. The highest BCUT2D eigenvalue weighted by Gasteiger charge is 2.20. The molecule has 0 aliphatic carbocycles. The maximum absolute atomic E-state index is 9.00. The summed E-state index contributed by atoms with van der Waals surface area (Å²) in [6.07, 6.45) is 3.20. The number of halogens is 1. The predicted octanol–water partition coefficient (Wildman–Crippen LogP) is 2.04. The van der Waals surface area contributed by atoms with E-state index in [2.05, 4.69) is 14.9 Å². The number of aliphatic hydroxyl groups is 1. The van der Waals surface area contributed by atoms with Crippen LogP contribution in [0, 0.1) is 12.8 Å². The Labute approximate surface area is 107 Å². The second-order valence-electron chi connectivity index (χ2n) is 4.56. The van der Waals surface area contributed by atoms with Crippen molar-refractivity contribution in [2.24, 2.45) is 5.92 Å². The summed E-state index contributed by atoms with van der Waals surface area (Å²) < 4.78 is 0. The molecule has 4 nitrogen and oxygen atoms in total. The van der Waals surface area contributed by atoms with Crippen molar-refractivity contribution in [2.45, 2.75) is 26.2 Å². The first-order chi connectivity index (χ1) is 8.19. The lowest BCUT2D eigenvalue weighted by molar-refractivity contribution is 0.244. The minimum Gasteiger partial charge on any atom is -0.396 e. The summed E-state index contributed by atoms with van der Waals surface area (Å²) in [4.78, 5) is 10.7. The molecule has 0 amide bonds. The molecule has 17 heavy (non-hydrogen) atoms. The molecule has 1 aromatic heterocycles. The third kappa shape index (κ3) is 3.30. The van der Waals surface area contributed by atoms with Gasteiger partial charge < -0.3 is 10.0 Å². The lowest BCUT2D eigenvalue weighted by atomic mass is 9.95. The number of hydrogen-bond acceptors (Lipinski definition) is 4. The maximum atomic E-state index is 9.00. The van der Waals surface area contributed by atoms with E-state index in [9.17, 15) is 0 Å². The number of piperidine rings is 1. The minimum atomic E-state index is 0.266. The molecular formula is C12H18ClN3O. The van der Waals surface area contributed by atoms with E-state index in [4.69, 9.17) is 16.7 Å². The Morgan fingerprint density at radius 3 is 3.06 bits per heavy atom. The second kappa shape index (κ2) is 5.65. The molecule has 0 aromatic carbocycles. The molecule has 1 N–H and O–H groups in total. The van der Waals surface area contributed by atoms with Gasteiger partial charge in [-0.2, -0.15) is 0 Å². The summed E-state index contributed by atoms with van der Waals surface area (Å²) in [5, 5.41) is 9.50. The van der Waals surface area contributed by atoms with Crippen LogP contribution >= 0.6 is 11.6 Å². The van der Waals surface area contributed by atoms with Crippen molar-refractivity contribution >= 4 is 17.4 Å². The van der Waals surface area contributed by atoms with Gasteiger partial charge in [0.15, 0.2) is 0 Å². The van der Waals surface area contributed by atoms with Crippen LogP contribution in [-0.4, -0.2) is 34.8 Å². The lowest BCUT2D eigenvalue weighted by Gasteiger charge is -2.33. The van der Waals surface area contributed by atoms with Crippen LogP contribution in [0.1, 0.15) is 25.1 Å². The summed E-state index contributed by atoms with van der Waals surface area (Å²) in [5.74, 6) is 2.17. The maximum Gasteiger partial charge on any atom is 0.134 e. The summed E-state index contributed by atoms with van der Waals surface area (Å²) in [7, 11) is 0. The molecule has 1 saturated heterocycles. The Morgan fingerprint density at radius 2 is 2.35 bits per heavy atom. The van der Waals surface area contributed by atoms with Crippen LogP contribution in [0.2, 0.25) is 5.15 Å². The van der Waals surface area contributed by atoms with Gasteiger partial charge in [0.1, 0.15) is 16.8 Å². The number of rotatable bonds is 3. The standard InChI is InChI=1S/C12H18ClN3O/c1-9-14-11(13)7-12(15-9)16-5-2-3-10(8-16)4-6-17/h7,10,17H,2-6,8H2,1H3/t10-/m0/s1. The number of nitrogens with zero attached hydrogens (tertiary/aromatic N) is 3. The zero-order chi connectivity index (χ0) is 12.3. The van der Waals surface area contributed by atoms with Gasteiger partial charge >= 0.3 is 0 Å². The molecule has 1 fully saturated rings. The van der Waals surface area contributed by atoms with Gasteiger partial charge in [-0.15, -0.1) is 0 Å². The highest BCUT2D eigenvalue weighted by molar-refractivity contribution is 6.29. The van der Waals surface area contributed by atoms with Crippen LogP contribution < -0.4 is 4.90 Å². The number of anilines is 1. The zero-order valence-electron chi connectivity index (χ0n) is 10.1. The van der Waals surface area contributed by atoms with Gasteiger partial charge in [0.2, 0.25) is 0 Å². The van der Waals surface area contributed by atoms with E-state index in [-0.39, 0.29) is 6.61 Å². The van der Waals surface area contributed by atoms with E-state index in [1.165, 1.54) is 6.42 Å². The molecule has 0 saturated carbocycles. The Morgan fingerprint density at radius 1 is 1.53 bits per heavy atom. The molecule has 94 valence electrons. The molecule has 2 heterocycles. The van der Waals surface area contributed by atoms with Gasteiger partial charge in [0, 0.05) is 25.8 Å². The van der Waals surface area contributed by atoms with Crippen molar-refractivity contribution in [3.8, 4) is 0 Å². The van der Waals surface area contributed by atoms with E-state index in [0.29, 0.717) is 16.9 Å². The van der Waals surface area contributed by atoms with E-state index in [0.717, 1.165) is 31.7 Å². The molecule has 1 aromatic rings. The van der Waals surface area contributed by atoms with Crippen molar-refractivity contribution in [1.29, 1.82) is 0 Å². The molecule has 1 aliphatic heterocycles. The van der Waals surface area contributed by atoms with Gasteiger partial charge in [0.25, 0.3) is 0 Å². The number of aryl methyl sites for hydroxylation is 1. The number of hydrogen-bond donors (Lipinski definition) is 1. The Kier molecular flexibility index (Phi) is 4.18. The molecule has 0 spiro atoms. The third-order valence-electron chi connectivity index (χ3n) is 3.17. The van der Waals surface area contributed by atoms with Crippen LogP contribution in [0.4, 0.5) is 5.82 Å². The van der Waals surface area contributed by atoms with Gasteiger partial charge in [-0.05, 0) is 32.1 Å². The topological polar surface area (TPSA) is 49.2 Å². The zero-order valence-corrected chi connectivity index (χ0v) is 10.8. The van der Waals surface area contributed by atoms with Gasteiger partial charge in [0.05, 0.1) is 0 Å². The van der Waals surface area contributed by atoms with Gasteiger partial charge in [-0.3, -0.25) is 0 Å². The largest absolute Gasteiger partial charge is 0.396 e. The van der Waals surface area contributed by atoms with Crippen LogP contribution in [0.5, 0.6) is 0 Å². The van der Waals surface area contributed by atoms with Crippen molar-refractivity contribution in [3.05, 3.63) is 17.0 Å². The molecule has 1 atom stereocenters. The molecule has 1 aliphatic rings. The average Bonchev–Trinajstić information content (AvgIpc) is 2.28. The summed E-state index contributed by atoms with van der Waals surface area (Å²) in [5.41, 5.74) is 0. The highest BCUT2D eigenvalue weighted by Crippen LogP contribution is 2.24. The SMILES string of the molecule is Cc1nc(Cl)cc(N2CCC[C@@H](CCO)C2)n1. The average molecular weight is 256 g/mol. The van der Waals surface area contributed by atoms with Gasteiger partial charge in [-0.1, -0.05) is 11.6 Å². The Balaban J connectivity index is 2.10. The first-order valence-electron chi connectivity index (χ1n) is 6.06. The van der Waals surface area contributed by atoms with Crippen LogP contribution in [0.15, 0.2) is 6.07 Å². The smallest absolute Gasteiger partial charge is 0.134 e. The summed E-state index contributed by atoms with van der Waals surface area (Å²) >= 11 is 5.95. The van der Waals surface area contributed by atoms with E-state index in [1.807, 2.05) is 13.0 Å². The van der Waals surface area contributed by atoms with Crippen molar-refractivity contribution in [1.82, 2.24) is 9.97 Å². The second-order valence-corrected chi connectivity index (χ2v) is 4.95. The summed E-state index contributed by atoms with van der Waals surface area (Å²) in [6.45, 7) is 4.08. The van der Waals surface area contributed by atoms with Crippen molar-refractivity contribution in [2.75, 3.05) is 24.6 Å². The molecule has 0 bridgehead atoms. The van der Waals surface area contributed by atoms with E-state index < -0.39 is 0 Å². The minimum absolute atomic E-state index is 0.266. The molecular weight excluding hydrogens is 238 g/mol. The lowest BCUT2D eigenvalue weighted by Crippen LogP contribution is -2.36. The fraction of sp³-hybridized carbons (Fsp3) is 0.667. The Hall–Kier alpha value is -0.870. The van der Waals surface area contributed by atoms with Crippen molar-refractivity contribution in [3.63, 3.8) is 0 Å². The summed E-state index contributed by atoms with van der Waals surface area (Å²) in [6, 6.07) is 1.82. The highest BCUT2D eigenvalue weighted by atomic mass is 35.5. The van der Waals surface area contributed by atoms with Crippen molar-refractivity contribution < 1.29 is 5.11 Å². The fourth-order valence-electron chi connectivity index (χ4n) is 2.37. The number of aromatic nitrogens is 2. The van der Waals surface area contributed by atoms with E-state index in [1.54, 1.807) is 0 Å². The predicted molar refractivity (Wildman–Crippen MR) is 68.4 cm³/mol. The normalized spacial score (nSPS) is 20.6. The van der Waals surface area contributed by atoms with Gasteiger partial charge in [-0.25, -0.2) is 9.97 Å². The number of aliphatic hydroxyl groups excluding tert-OH is 1. The molecule has 0 unspecified atom stereocenters. The monoisotopic (exact) mass is 255 g/mol. The first kappa shape index (κ1) is 12.6. The molecule has 5 heteroatoms. The quantitative estimate of drug-likeness (QED) is 0.840. The van der Waals surface area contributed by atoms with Crippen LogP contribution in [0.25, 0.3) is 0 Å². The first-order valence-corrected chi connectivity index (χ1v) is 6.44. The molecule has 0 radical (unpaired) electrons. The van der Waals surface area contributed by atoms with Crippen LogP contribution in [-0.2, 0) is 0 Å². The van der Waals surface area contributed by atoms with E-state index >= 15 is 0 Å². The van der Waals surface area contributed by atoms with Crippen LogP contribution in [0.3, 0.4) is 0 Å². The Bertz CT molecular complexity index is 364. The fourth-order valence-corrected chi connectivity index (χ4v) is 2.59.